The highest BCUT2D eigenvalue weighted by molar-refractivity contribution is 5.78. The number of aliphatic hydroxyl groups is 1. The minimum atomic E-state index is -0.567. The quantitative estimate of drug-likeness (QED) is 0.781. The third kappa shape index (κ3) is 3.23. The molecule has 1 aromatic carbocycles. The molecule has 1 aliphatic heterocycles. The van der Waals surface area contributed by atoms with Crippen molar-refractivity contribution in [3.05, 3.63) is 29.8 Å². The van der Waals surface area contributed by atoms with Gasteiger partial charge in [-0.25, -0.2) is 0 Å². The molecule has 4 heteroatoms. The smallest absolute Gasteiger partial charge is 0.222 e. The van der Waals surface area contributed by atoms with E-state index in [2.05, 4.69) is 0 Å². The standard InChI is InChI=1S/C14H19NO3/c1-18-13-7-3-2-5-11(13)12(16)6-4-8-14(17)15-9-10-15/h2-3,5,7,12,16H,4,6,8-10H2,1H3. The van der Waals surface area contributed by atoms with Crippen molar-refractivity contribution < 1.29 is 14.6 Å². The fraction of sp³-hybridized carbons (Fsp3) is 0.500. The molecule has 1 aliphatic rings. The molecule has 1 fully saturated rings. The van der Waals surface area contributed by atoms with E-state index in [0.717, 1.165) is 18.7 Å². The zero-order chi connectivity index (χ0) is 13.0. The molecule has 0 spiro atoms. The van der Waals surface area contributed by atoms with Crippen LogP contribution in [0.15, 0.2) is 24.3 Å². The van der Waals surface area contributed by atoms with Crippen LogP contribution in [-0.4, -0.2) is 36.1 Å². The Morgan fingerprint density at radius 2 is 2.17 bits per heavy atom. The predicted octanol–water partition coefficient (Wildman–Crippen LogP) is 1.74. The molecule has 0 bridgehead atoms. The fourth-order valence-electron chi connectivity index (χ4n) is 2.00. The third-order valence-corrected chi connectivity index (χ3v) is 3.17. The van der Waals surface area contributed by atoms with E-state index in [1.807, 2.05) is 29.2 Å². The molecule has 0 aliphatic carbocycles. The monoisotopic (exact) mass is 249 g/mol. The normalized spacial score (nSPS) is 15.3. The average molecular weight is 249 g/mol. The first-order chi connectivity index (χ1) is 8.72. The van der Waals surface area contributed by atoms with Crippen LogP contribution in [0.1, 0.15) is 30.9 Å². The fourth-order valence-corrected chi connectivity index (χ4v) is 2.00. The highest BCUT2D eigenvalue weighted by Crippen LogP contribution is 2.28. The van der Waals surface area contributed by atoms with E-state index in [0.29, 0.717) is 25.0 Å². The Kier molecular flexibility index (Phi) is 4.20. The zero-order valence-electron chi connectivity index (χ0n) is 10.6. The molecular weight excluding hydrogens is 230 g/mol. The Morgan fingerprint density at radius 3 is 2.83 bits per heavy atom. The molecule has 0 radical (unpaired) electrons. The maximum atomic E-state index is 11.5. The third-order valence-electron chi connectivity index (χ3n) is 3.17. The summed E-state index contributed by atoms with van der Waals surface area (Å²) in [4.78, 5) is 13.3. The number of hydrogen-bond acceptors (Lipinski definition) is 3. The lowest BCUT2D eigenvalue weighted by Gasteiger charge is -2.14. The Hall–Kier alpha value is -1.55. The molecule has 1 atom stereocenters. The number of para-hydroxylation sites is 1. The molecule has 1 amide bonds. The lowest BCUT2D eigenvalue weighted by molar-refractivity contribution is -0.125. The number of aliphatic hydroxyl groups excluding tert-OH is 1. The van der Waals surface area contributed by atoms with Crippen LogP contribution in [0.25, 0.3) is 0 Å². The van der Waals surface area contributed by atoms with Crippen LogP contribution >= 0.6 is 0 Å². The number of hydrogen-bond donors (Lipinski definition) is 1. The van der Waals surface area contributed by atoms with Gasteiger partial charge in [0.1, 0.15) is 5.75 Å². The van der Waals surface area contributed by atoms with Crippen molar-refractivity contribution >= 4 is 5.91 Å². The maximum absolute atomic E-state index is 11.5. The van der Waals surface area contributed by atoms with Gasteiger partial charge in [-0.05, 0) is 18.9 Å². The highest BCUT2D eigenvalue weighted by atomic mass is 16.5. The van der Waals surface area contributed by atoms with E-state index in [9.17, 15) is 9.90 Å². The molecule has 1 saturated heterocycles. The van der Waals surface area contributed by atoms with Crippen LogP contribution in [0.5, 0.6) is 5.75 Å². The summed E-state index contributed by atoms with van der Waals surface area (Å²) in [6.07, 6.45) is 1.24. The van der Waals surface area contributed by atoms with E-state index in [4.69, 9.17) is 4.74 Å². The van der Waals surface area contributed by atoms with Crippen molar-refractivity contribution in [3.63, 3.8) is 0 Å². The average Bonchev–Trinajstić information content (AvgIpc) is 3.22. The number of methoxy groups -OCH3 is 1. The first-order valence-electron chi connectivity index (χ1n) is 6.31. The van der Waals surface area contributed by atoms with Crippen molar-refractivity contribution in [2.75, 3.05) is 20.2 Å². The van der Waals surface area contributed by atoms with Gasteiger partial charge in [-0.3, -0.25) is 4.79 Å². The number of nitrogens with zero attached hydrogens (tertiary/aromatic N) is 1. The van der Waals surface area contributed by atoms with Crippen molar-refractivity contribution in [2.24, 2.45) is 0 Å². The number of carbonyl (C=O) groups excluding carboxylic acids is 1. The van der Waals surface area contributed by atoms with Gasteiger partial charge in [0.05, 0.1) is 13.2 Å². The van der Waals surface area contributed by atoms with E-state index >= 15 is 0 Å². The second-order valence-corrected chi connectivity index (χ2v) is 4.53. The number of carbonyl (C=O) groups is 1. The van der Waals surface area contributed by atoms with Crippen LogP contribution in [0, 0.1) is 0 Å². The summed E-state index contributed by atoms with van der Waals surface area (Å²) in [7, 11) is 1.59. The molecular formula is C14H19NO3. The van der Waals surface area contributed by atoms with E-state index in [-0.39, 0.29) is 5.91 Å². The topological polar surface area (TPSA) is 49.5 Å². The van der Waals surface area contributed by atoms with Crippen LogP contribution in [0.2, 0.25) is 0 Å². The van der Waals surface area contributed by atoms with Gasteiger partial charge in [-0.1, -0.05) is 18.2 Å². The molecule has 0 aromatic heterocycles. The first-order valence-corrected chi connectivity index (χ1v) is 6.31. The first kappa shape index (κ1) is 12.9. The van der Waals surface area contributed by atoms with Crippen molar-refractivity contribution in [1.82, 2.24) is 4.90 Å². The SMILES string of the molecule is COc1ccccc1C(O)CCCC(=O)N1CC1. The molecule has 98 valence electrons. The minimum absolute atomic E-state index is 0.197. The summed E-state index contributed by atoms with van der Waals surface area (Å²) in [5.41, 5.74) is 0.791. The summed E-state index contributed by atoms with van der Waals surface area (Å²) < 4.78 is 5.21. The van der Waals surface area contributed by atoms with Crippen LogP contribution in [0.4, 0.5) is 0 Å². The Morgan fingerprint density at radius 1 is 1.44 bits per heavy atom. The molecule has 2 rings (SSSR count). The zero-order valence-corrected chi connectivity index (χ0v) is 10.6. The van der Waals surface area contributed by atoms with Crippen LogP contribution in [0.3, 0.4) is 0 Å². The predicted molar refractivity (Wildman–Crippen MR) is 68.4 cm³/mol. The molecule has 1 aromatic rings. The van der Waals surface area contributed by atoms with Gasteiger partial charge < -0.3 is 14.7 Å². The molecule has 1 N–H and O–H groups in total. The van der Waals surface area contributed by atoms with E-state index in [1.54, 1.807) is 7.11 Å². The second kappa shape index (κ2) is 5.87. The van der Waals surface area contributed by atoms with Gasteiger partial charge in [-0.15, -0.1) is 0 Å². The van der Waals surface area contributed by atoms with Crippen molar-refractivity contribution in [1.29, 1.82) is 0 Å². The van der Waals surface area contributed by atoms with Gasteiger partial charge in [-0.2, -0.15) is 0 Å². The Labute approximate surface area is 107 Å². The molecule has 0 saturated carbocycles. The number of ether oxygens (including phenoxy) is 1. The Balaban J connectivity index is 1.82. The minimum Gasteiger partial charge on any atom is -0.496 e. The van der Waals surface area contributed by atoms with Gasteiger partial charge in [0.2, 0.25) is 5.91 Å². The molecule has 1 heterocycles. The second-order valence-electron chi connectivity index (χ2n) is 4.53. The van der Waals surface area contributed by atoms with Gasteiger partial charge in [0.25, 0.3) is 0 Å². The summed E-state index contributed by atoms with van der Waals surface area (Å²) in [5.74, 6) is 0.893. The Bertz CT molecular complexity index is 415. The summed E-state index contributed by atoms with van der Waals surface area (Å²) in [6.45, 7) is 1.79. The maximum Gasteiger partial charge on any atom is 0.222 e. The number of amides is 1. The molecule has 4 nitrogen and oxygen atoms in total. The summed E-state index contributed by atoms with van der Waals surface area (Å²) >= 11 is 0. The van der Waals surface area contributed by atoms with Crippen molar-refractivity contribution in [2.45, 2.75) is 25.4 Å². The van der Waals surface area contributed by atoms with Gasteiger partial charge in [0.15, 0.2) is 0 Å². The highest BCUT2D eigenvalue weighted by Gasteiger charge is 2.23. The summed E-state index contributed by atoms with van der Waals surface area (Å²) in [6, 6.07) is 7.44. The number of rotatable bonds is 6. The number of benzene rings is 1. The molecule has 1 unspecified atom stereocenters. The molecule has 18 heavy (non-hydrogen) atoms. The lowest BCUT2D eigenvalue weighted by atomic mass is 10.0. The summed E-state index contributed by atoms with van der Waals surface area (Å²) in [5, 5.41) is 10.1. The largest absolute Gasteiger partial charge is 0.496 e. The van der Waals surface area contributed by atoms with E-state index < -0.39 is 6.10 Å². The van der Waals surface area contributed by atoms with Crippen LogP contribution in [-0.2, 0) is 4.79 Å². The van der Waals surface area contributed by atoms with Gasteiger partial charge >= 0.3 is 0 Å². The van der Waals surface area contributed by atoms with E-state index in [1.165, 1.54) is 0 Å². The lowest BCUT2D eigenvalue weighted by Crippen LogP contribution is -2.10. The van der Waals surface area contributed by atoms with Crippen molar-refractivity contribution in [3.8, 4) is 5.75 Å². The van der Waals surface area contributed by atoms with Gasteiger partial charge in [0, 0.05) is 25.1 Å². The van der Waals surface area contributed by atoms with Crippen LogP contribution < -0.4 is 4.74 Å².